The summed E-state index contributed by atoms with van der Waals surface area (Å²) >= 11 is 6.19. The largest absolute Gasteiger partial charge is 0.487 e. The van der Waals surface area contributed by atoms with Crippen molar-refractivity contribution < 1.29 is 4.74 Å². The highest BCUT2D eigenvalue weighted by Crippen LogP contribution is 2.26. The van der Waals surface area contributed by atoms with Crippen LogP contribution in [0.2, 0.25) is 5.02 Å². The summed E-state index contributed by atoms with van der Waals surface area (Å²) in [5, 5.41) is 10.6. The zero-order valence-corrected chi connectivity index (χ0v) is 18.1. The maximum Gasteiger partial charge on any atom is 0.182 e. The first-order chi connectivity index (χ1) is 16.3. The van der Waals surface area contributed by atoms with Gasteiger partial charge in [-0.25, -0.2) is 19.2 Å². The third-order valence-electron chi connectivity index (χ3n) is 5.32. The van der Waals surface area contributed by atoms with E-state index in [2.05, 4.69) is 15.2 Å². The van der Waals surface area contributed by atoms with Crippen LogP contribution in [0.3, 0.4) is 0 Å². The van der Waals surface area contributed by atoms with Gasteiger partial charge in [-0.1, -0.05) is 60.1 Å². The van der Waals surface area contributed by atoms with Crippen molar-refractivity contribution in [2.75, 3.05) is 0 Å². The molecule has 0 aliphatic carbocycles. The molecule has 3 aromatic carbocycles. The fourth-order valence-corrected chi connectivity index (χ4v) is 3.91. The van der Waals surface area contributed by atoms with Crippen LogP contribution in [0.4, 0.5) is 0 Å². The molecule has 0 saturated carbocycles. The maximum atomic E-state index is 6.19. The first kappa shape index (κ1) is 19.5. The van der Waals surface area contributed by atoms with E-state index < -0.39 is 0 Å². The van der Waals surface area contributed by atoms with Crippen LogP contribution in [-0.2, 0) is 6.61 Å². The Morgan fingerprint density at radius 2 is 1.73 bits per heavy atom. The van der Waals surface area contributed by atoms with Crippen molar-refractivity contribution in [3.05, 3.63) is 102 Å². The quantitative estimate of drug-likeness (QED) is 0.352. The lowest BCUT2D eigenvalue weighted by Crippen LogP contribution is -1.98. The number of halogens is 1. The van der Waals surface area contributed by atoms with Crippen molar-refractivity contribution >= 4 is 28.3 Å². The van der Waals surface area contributed by atoms with Crippen molar-refractivity contribution in [2.45, 2.75) is 6.61 Å². The van der Waals surface area contributed by atoms with Crippen LogP contribution in [0.15, 0.2) is 91.4 Å². The Morgan fingerprint density at radius 3 is 2.61 bits per heavy atom. The molecule has 7 nitrogen and oxygen atoms in total. The lowest BCUT2D eigenvalue weighted by atomic mass is 10.1. The second kappa shape index (κ2) is 8.03. The van der Waals surface area contributed by atoms with Gasteiger partial charge in [-0.2, -0.15) is 5.10 Å². The number of hydrogen-bond donors (Lipinski definition) is 0. The summed E-state index contributed by atoms with van der Waals surface area (Å²) in [6.07, 6.45) is 3.44. The van der Waals surface area contributed by atoms with Gasteiger partial charge in [0.15, 0.2) is 17.1 Å². The van der Waals surface area contributed by atoms with Crippen molar-refractivity contribution in [2.24, 2.45) is 0 Å². The molecule has 160 valence electrons. The smallest absolute Gasteiger partial charge is 0.182 e. The molecule has 8 heteroatoms. The number of ether oxygens (including phenoxy) is 1. The predicted molar refractivity (Wildman–Crippen MR) is 127 cm³/mol. The van der Waals surface area contributed by atoms with Gasteiger partial charge in [-0.15, -0.1) is 5.10 Å². The fourth-order valence-electron chi connectivity index (χ4n) is 3.72. The molecule has 0 atom stereocenters. The van der Waals surface area contributed by atoms with Gasteiger partial charge in [0.05, 0.1) is 22.3 Å². The van der Waals surface area contributed by atoms with Gasteiger partial charge < -0.3 is 4.74 Å². The minimum atomic E-state index is 0.389. The molecule has 6 aromatic rings. The van der Waals surface area contributed by atoms with E-state index in [1.807, 2.05) is 78.9 Å². The van der Waals surface area contributed by atoms with E-state index >= 15 is 0 Å². The fraction of sp³-hybridized carbons (Fsp3) is 0.0400. The highest BCUT2D eigenvalue weighted by atomic mass is 35.5. The molecule has 0 unspecified atom stereocenters. The Labute approximate surface area is 193 Å². The summed E-state index contributed by atoms with van der Waals surface area (Å²) in [7, 11) is 0. The lowest BCUT2D eigenvalue weighted by Gasteiger charge is -2.08. The molecule has 6 rings (SSSR count). The van der Waals surface area contributed by atoms with Crippen molar-refractivity contribution in [1.29, 1.82) is 0 Å². The molecule has 3 heterocycles. The number of hydrogen-bond acceptors (Lipinski definition) is 5. The number of para-hydroxylation sites is 2. The molecule has 3 aromatic heterocycles. The first-order valence-corrected chi connectivity index (χ1v) is 10.8. The molecule has 0 spiro atoms. The molecular weight excluding hydrogens is 436 g/mol. The van der Waals surface area contributed by atoms with Gasteiger partial charge in [0.2, 0.25) is 0 Å². The van der Waals surface area contributed by atoms with E-state index in [9.17, 15) is 0 Å². The Morgan fingerprint density at radius 1 is 0.879 bits per heavy atom. The van der Waals surface area contributed by atoms with Crippen LogP contribution in [0, 0.1) is 0 Å². The lowest BCUT2D eigenvalue weighted by molar-refractivity contribution is 0.306. The van der Waals surface area contributed by atoms with E-state index in [1.165, 1.54) is 0 Å². The molecule has 0 saturated heterocycles. The third-order valence-corrected chi connectivity index (χ3v) is 5.63. The predicted octanol–water partition coefficient (Wildman–Crippen LogP) is 5.36. The SMILES string of the molecule is Clc1ccccc1OCc1cccc(-c2nc3c4cnn(-c5ccccc5)c4ncn3n2)c1. The highest BCUT2D eigenvalue weighted by Gasteiger charge is 2.14. The number of aromatic nitrogens is 6. The molecule has 0 radical (unpaired) electrons. The Balaban J connectivity index is 1.34. The zero-order chi connectivity index (χ0) is 22.2. The van der Waals surface area contributed by atoms with Crippen molar-refractivity contribution in [1.82, 2.24) is 29.4 Å². The summed E-state index contributed by atoms with van der Waals surface area (Å²) in [6, 6.07) is 25.3. The second-order valence-corrected chi connectivity index (χ2v) is 7.90. The van der Waals surface area contributed by atoms with Gasteiger partial charge in [0, 0.05) is 5.56 Å². The number of nitrogens with zero attached hydrogens (tertiary/aromatic N) is 6. The average molecular weight is 453 g/mol. The van der Waals surface area contributed by atoms with Gasteiger partial charge >= 0.3 is 0 Å². The van der Waals surface area contributed by atoms with Crippen LogP contribution < -0.4 is 4.74 Å². The molecule has 0 N–H and O–H groups in total. The summed E-state index contributed by atoms with van der Waals surface area (Å²) in [4.78, 5) is 9.36. The summed E-state index contributed by atoms with van der Waals surface area (Å²) in [5.74, 6) is 1.26. The minimum absolute atomic E-state index is 0.389. The molecular formula is C25H17ClN6O. The van der Waals surface area contributed by atoms with E-state index in [-0.39, 0.29) is 0 Å². The molecule has 0 bridgehead atoms. The summed E-state index contributed by atoms with van der Waals surface area (Å²) < 4.78 is 9.36. The Hall–Kier alpha value is -4.23. The molecule has 0 aliphatic heterocycles. The van der Waals surface area contributed by atoms with Gasteiger partial charge in [-0.05, 0) is 35.9 Å². The second-order valence-electron chi connectivity index (χ2n) is 7.50. The van der Waals surface area contributed by atoms with Gasteiger partial charge in [-0.3, -0.25) is 0 Å². The van der Waals surface area contributed by atoms with E-state index in [0.29, 0.717) is 28.9 Å². The monoisotopic (exact) mass is 452 g/mol. The van der Waals surface area contributed by atoms with Crippen LogP contribution in [0.25, 0.3) is 33.8 Å². The molecule has 0 aliphatic rings. The first-order valence-electron chi connectivity index (χ1n) is 10.4. The molecule has 0 amide bonds. The van der Waals surface area contributed by atoms with E-state index in [1.54, 1.807) is 21.7 Å². The maximum absolute atomic E-state index is 6.19. The van der Waals surface area contributed by atoms with Gasteiger partial charge in [0.25, 0.3) is 0 Å². The molecule has 0 fully saturated rings. The number of rotatable bonds is 5. The van der Waals surface area contributed by atoms with E-state index in [0.717, 1.165) is 27.8 Å². The van der Waals surface area contributed by atoms with Gasteiger partial charge in [0.1, 0.15) is 18.7 Å². The standard InChI is InChI=1S/C25H17ClN6O/c26-21-11-4-5-12-22(21)33-15-17-7-6-8-18(13-17)23-29-25-20-14-28-32(19-9-2-1-3-10-19)24(20)27-16-31(25)30-23/h1-14,16H,15H2. The van der Waals surface area contributed by atoms with Crippen LogP contribution >= 0.6 is 11.6 Å². The third kappa shape index (κ3) is 3.58. The molecule has 33 heavy (non-hydrogen) atoms. The van der Waals surface area contributed by atoms with E-state index in [4.69, 9.17) is 21.3 Å². The summed E-state index contributed by atoms with van der Waals surface area (Å²) in [6.45, 7) is 0.389. The topological polar surface area (TPSA) is 70.1 Å². The number of benzene rings is 3. The summed E-state index contributed by atoms with van der Waals surface area (Å²) in [5.41, 5.74) is 4.26. The van der Waals surface area contributed by atoms with Crippen LogP contribution in [0.1, 0.15) is 5.56 Å². The number of fused-ring (bicyclic) bond motifs is 3. The minimum Gasteiger partial charge on any atom is -0.487 e. The van der Waals surface area contributed by atoms with Crippen molar-refractivity contribution in [3.63, 3.8) is 0 Å². The zero-order valence-electron chi connectivity index (χ0n) is 17.3. The Bertz CT molecular complexity index is 1590. The Kier molecular flexibility index (Phi) is 4.74. The van der Waals surface area contributed by atoms with Crippen LogP contribution in [-0.4, -0.2) is 29.4 Å². The average Bonchev–Trinajstić information content (AvgIpc) is 3.49. The van der Waals surface area contributed by atoms with Crippen LogP contribution in [0.5, 0.6) is 5.75 Å². The normalized spacial score (nSPS) is 11.3. The highest BCUT2D eigenvalue weighted by molar-refractivity contribution is 6.32. The van der Waals surface area contributed by atoms with Crippen molar-refractivity contribution in [3.8, 4) is 22.8 Å².